The number of aromatic hydroxyl groups is 1. The summed E-state index contributed by atoms with van der Waals surface area (Å²) in [6.07, 6.45) is 37.9. The van der Waals surface area contributed by atoms with E-state index in [-0.39, 0.29) is 11.4 Å². The molecule has 54 heavy (non-hydrogen) atoms. The van der Waals surface area contributed by atoms with Crippen molar-refractivity contribution in [3.63, 3.8) is 0 Å². The first-order valence-electron chi connectivity index (χ1n) is 23.3. The normalized spacial score (nSPS) is 12.4. The number of benzene rings is 1. The van der Waals surface area contributed by atoms with Crippen molar-refractivity contribution in [2.24, 2.45) is 5.92 Å². The Morgan fingerprint density at radius 3 is 1.63 bits per heavy atom. The lowest BCUT2D eigenvalue weighted by Gasteiger charge is -2.22. The summed E-state index contributed by atoms with van der Waals surface area (Å²) in [4.78, 5) is 12.2. The number of phenols is 1. The number of aryl methyl sites for hydroxylation is 2. The Hall–Kier alpha value is -1.20. The monoisotopic (exact) mass is 775 g/mol. The smallest absolute Gasteiger partial charge is 0.305 e. The van der Waals surface area contributed by atoms with E-state index in [4.69, 9.17) is 9.47 Å². The van der Waals surface area contributed by atoms with Gasteiger partial charge in [-0.05, 0) is 67.1 Å². The minimum Gasteiger partial charge on any atom is -0.507 e. The molecule has 0 spiro atoms. The summed E-state index contributed by atoms with van der Waals surface area (Å²) in [5.41, 5.74) is 3.21. The molecule has 1 rings (SSSR count). The molecule has 0 bridgehead atoms. The van der Waals surface area contributed by atoms with Gasteiger partial charge in [0.1, 0.15) is 12.4 Å². The van der Waals surface area contributed by atoms with Gasteiger partial charge in [0, 0.05) is 24.5 Å². The van der Waals surface area contributed by atoms with Crippen LogP contribution in [0.3, 0.4) is 0 Å². The topological polar surface area (TPSA) is 55.8 Å². The van der Waals surface area contributed by atoms with E-state index in [0.717, 1.165) is 68.0 Å². The van der Waals surface area contributed by atoms with Crippen LogP contribution in [0.2, 0.25) is 0 Å². The zero-order valence-corrected chi connectivity index (χ0v) is 37.7. The summed E-state index contributed by atoms with van der Waals surface area (Å²) < 4.78 is 11.7. The van der Waals surface area contributed by atoms with Gasteiger partial charge < -0.3 is 14.6 Å². The summed E-state index contributed by atoms with van der Waals surface area (Å²) >= 11 is 1.83. The summed E-state index contributed by atoms with van der Waals surface area (Å²) in [5, 5.41) is 10.5. The predicted octanol–water partition coefficient (Wildman–Crippen LogP) is 15.4. The Bertz CT molecular complexity index is 1000. The Balaban J connectivity index is 2.06. The van der Waals surface area contributed by atoms with Gasteiger partial charge in [0.05, 0.1) is 6.61 Å². The molecule has 316 valence electrons. The fourth-order valence-electron chi connectivity index (χ4n) is 7.61. The van der Waals surface area contributed by atoms with Gasteiger partial charge >= 0.3 is 5.97 Å². The average molecular weight is 775 g/mol. The van der Waals surface area contributed by atoms with Crippen LogP contribution in [-0.4, -0.2) is 42.4 Å². The predicted molar refractivity (Wildman–Crippen MR) is 238 cm³/mol. The van der Waals surface area contributed by atoms with Crippen LogP contribution in [0, 0.1) is 12.8 Å². The van der Waals surface area contributed by atoms with Crippen LogP contribution < -0.4 is 0 Å². The van der Waals surface area contributed by atoms with Crippen LogP contribution in [0.25, 0.3) is 0 Å². The molecule has 0 amide bonds. The molecule has 0 saturated carbocycles. The SMILES string of the molecule is CCCCCCCCCCCCCCCCCCC(CCCCCCC)COCCSCCOC(=O)CCCCCCc1cc(C)c(O)c(C(C)(C)C)c1. The van der Waals surface area contributed by atoms with Gasteiger partial charge in [-0.15, -0.1) is 0 Å². The number of hydrogen-bond acceptors (Lipinski definition) is 5. The third-order valence-electron chi connectivity index (χ3n) is 11.2. The van der Waals surface area contributed by atoms with Crippen LogP contribution in [0.4, 0.5) is 0 Å². The highest BCUT2D eigenvalue weighted by Gasteiger charge is 2.20. The van der Waals surface area contributed by atoms with Gasteiger partial charge in [0.25, 0.3) is 0 Å². The van der Waals surface area contributed by atoms with Crippen molar-refractivity contribution in [1.29, 1.82) is 0 Å². The first-order valence-corrected chi connectivity index (χ1v) is 24.5. The van der Waals surface area contributed by atoms with E-state index < -0.39 is 0 Å². The minimum atomic E-state index is -0.0707. The van der Waals surface area contributed by atoms with Crippen molar-refractivity contribution in [3.8, 4) is 5.75 Å². The number of unbranched alkanes of at least 4 members (excludes halogenated alkanes) is 22. The summed E-state index contributed by atoms with van der Waals surface area (Å²) in [6, 6.07) is 4.28. The number of ether oxygens (including phenoxy) is 2. The van der Waals surface area contributed by atoms with E-state index in [1.165, 1.54) is 153 Å². The van der Waals surface area contributed by atoms with Crippen LogP contribution >= 0.6 is 11.8 Å². The second-order valence-electron chi connectivity index (χ2n) is 17.5. The highest BCUT2D eigenvalue weighted by molar-refractivity contribution is 7.99. The maximum atomic E-state index is 12.2. The largest absolute Gasteiger partial charge is 0.507 e. The van der Waals surface area contributed by atoms with Crippen LogP contribution in [0.15, 0.2) is 12.1 Å². The molecule has 1 unspecified atom stereocenters. The van der Waals surface area contributed by atoms with Gasteiger partial charge in [-0.2, -0.15) is 11.8 Å². The molecule has 0 heterocycles. The highest BCUT2D eigenvalue weighted by atomic mass is 32.2. The number of carbonyl (C=O) groups is 1. The van der Waals surface area contributed by atoms with Gasteiger partial charge in [-0.1, -0.05) is 194 Å². The van der Waals surface area contributed by atoms with Crippen LogP contribution in [-0.2, 0) is 26.1 Å². The van der Waals surface area contributed by atoms with Crippen molar-refractivity contribution in [1.82, 2.24) is 0 Å². The number of phenolic OH excluding ortho intramolecular Hbond substituents is 1. The second kappa shape index (κ2) is 35.0. The van der Waals surface area contributed by atoms with Gasteiger partial charge in [0.2, 0.25) is 0 Å². The molecule has 0 aromatic heterocycles. The Morgan fingerprint density at radius 1 is 0.648 bits per heavy atom. The van der Waals surface area contributed by atoms with E-state index in [1.807, 2.05) is 18.7 Å². The standard InChI is InChI=1S/C49H90O4S/c1-7-9-11-13-14-15-16-17-18-19-20-21-22-23-25-29-33-44(32-28-24-12-10-8-2)42-52-36-38-54-39-37-53-47(50)35-31-27-26-30-34-45-40-43(3)48(51)46(41-45)49(4,5)6/h40-41,44,51H,7-39,42H2,1-6H3. The molecule has 0 aliphatic heterocycles. The molecule has 1 N–H and O–H groups in total. The molecule has 4 nitrogen and oxygen atoms in total. The maximum absolute atomic E-state index is 12.2. The fraction of sp³-hybridized carbons (Fsp3) is 0.857. The molecule has 0 radical (unpaired) electrons. The maximum Gasteiger partial charge on any atom is 0.305 e. The van der Waals surface area contributed by atoms with Crippen molar-refractivity contribution < 1.29 is 19.4 Å². The Kier molecular flexibility index (Phi) is 32.9. The second-order valence-corrected chi connectivity index (χ2v) is 18.8. The lowest BCUT2D eigenvalue weighted by atomic mass is 9.83. The molecule has 0 aliphatic carbocycles. The number of rotatable bonds is 38. The number of esters is 1. The van der Waals surface area contributed by atoms with E-state index in [2.05, 4.69) is 46.8 Å². The first-order chi connectivity index (χ1) is 26.2. The molecular weight excluding hydrogens is 685 g/mol. The number of carbonyl (C=O) groups excluding carboxylic acids is 1. The molecule has 0 fully saturated rings. The van der Waals surface area contributed by atoms with Gasteiger partial charge in [-0.25, -0.2) is 0 Å². The van der Waals surface area contributed by atoms with Gasteiger partial charge in [-0.3, -0.25) is 4.79 Å². The zero-order chi connectivity index (χ0) is 39.5. The first kappa shape index (κ1) is 50.8. The molecule has 5 heteroatoms. The van der Waals surface area contributed by atoms with Crippen molar-refractivity contribution >= 4 is 17.7 Å². The third-order valence-corrected chi connectivity index (χ3v) is 12.1. The molecule has 0 aliphatic rings. The lowest BCUT2D eigenvalue weighted by molar-refractivity contribution is -0.143. The minimum absolute atomic E-state index is 0.0632. The molecule has 0 saturated heterocycles. The van der Waals surface area contributed by atoms with E-state index >= 15 is 0 Å². The summed E-state index contributed by atoms with van der Waals surface area (Å²) in [5.74, 6) is 2.89. The van der Waals surface area contributed by atoms with Crippen molar-refractivity contribution in [2.45, 2.75) is 233 Å². The van der Waals surface area contributed by atoms with Crippen LogP contribution in [0.1, 0.15) is 231 Å². The highest BCUT2D eigenvalue weighted by Crippen LogP contribution is 2.34. The van der Waals surface area contributed by atoms with E-state index in [0.29, 0.717) is 24.7 Å². The van der Waals surface area contributed by atoms with Gasteiger partial charge in [0.15, 0.2) is 0 Å². The fourth-order valence-corrected chi connectivity index (χ4v) is 8.25. The molecular formula is C49H90O4S. The Morgan fingerprint density at radius 2 is 1.11 bits per heavy atom. The molecule has 1 atom stereocenters. The lowest BCUT2D eigenvalue weighted by Crippen LogP contribution is -2.12. The molecule has 1 aromatic rings. The average Bonchev–Trinajstić information content (AvgIpc) is 3.14. The number of hydrogen-bond donors (Lipinski definition) is 1. The quantitative estimate of drug-likeness (QED) is 0.0536. The number of thioether (sulfide) groups is 1. The molecule has 1 aromatic carbocycles. The Labute approximate surface area is 340 Å². The van der Waals surface area contributed by atoms with E-state index in [9.17, 15) is 9.90 Å². The zero-order valence-electron chi connectivity index (χ0n) is 36.9. The van der Waals surface area contributed by atoms with Crippen molar-refractivity contribution in [3.05, 3.63) is 28.8 Å². The third kappa shape index (κ3) is 29.1. The summed E-state index contributed by atoms with van der Waals surface area (Å²) in [6.45, 7) is 15.2. The summed E-state index contributed by atoms with van der Waals surface area (Å²) in [7, 11) is 0. The van der Waals surface area contributed by atoms with Crippen LogP contribution in [0.5, 0.6) is 5.75 Å². The van der Waals surface area contributed by atoms with E-state index in [1.54, 1.807) is 0 Å². The van der Waals surface area contributed by atoms with Crippen molar-refractivity contribution in [2.75, 3.05) is 31.3 Å².